The number of nitrogens with zero attached hydrogens (tertiary/aromatic N) is 2. The SMILES string of the molecule is COc1c(N[C@@H]2CCS(=O)(=O)C2)cc(C(=O)Nc2nnc(N/C(C)=C\C=N)s2)oc1=O. The molecule has 2 aromatic rings. The Labute approximate surface area is 181 Å². The molecule has 0 radical (unpaired) electrons. The predicted octanol–water partition coefficient (Wildman–Crippen LogP) is 1.32. The van der Waals surface area contributed by atoms with E-state index in [1.54, 1.807) is 6.92 Å². The van der Waals surface area contributed by atoms with Crippen molar-refractivity contribution in [2.75, 3.05) is 34.6 Å². The van der Waals surface area contributed by atoms with Crippen LogP contribution in [0.1, 0.15) is 23.9 Å². The molecule has 166 valence electrons. The summed E-state index contributed by atoms with van der Waals surface area (Å²) in [7, 11) is -1.87. The monoisotopic (exact) mass is 468 g/mol. The third-order valence-electron chi connectivity index (χ3n) is 4.21. The van der Waals surface area contributed by atoms with Gasteiger partial charge < -0.3 is 25.2 Å². The standard InChI is InChI=1S/C17H20N6O6S2/c1-9(3-5-18)19-16-22-23-17(30-16)21-14(24)12-7-11(13(28-2)15(25)29-12)20-10-4-6-31(26,27)8-10/h3,5,7,10,18,20H,4,6,8H2,1-2H3,(H,19,22)(H,21,23,24)/b9-3-,18-5?/t10-/m1/s1. The highest BCUT2D eigenvalue weighted by molar-refractivity contribution is 7.91. The van der Waals surface area contributed by atoms with E-state index in [-0.39, 0.29) is 33.8 Å². The summed E-state index contributed by atoms with van der Waals surface area (Å²) in [4.78, 5) is 24.8. The van der Waals surface area contributed by atoms with E-state index in [2.05, 4.69) is 26.1 Å². The molecule has 3 rings (SSSR count). The Morgan fingerprint density at radius 3 is 2.68 bits per heavy atom. The van der Waals surface area contributed by atoms with Crippen LogP contribution >= 0.6 is 11.3 Å². The van der Waals surface area contributed by atoms with E-state index in [9.17, 15) is 18.0 Å². The highest BCUT2D eigenvalue weighted by Gasteiger charge is 2.29. The number of hydrogen-bond acceptors (Lipinski definition) is 12. The Kier molecular flexibility index (Phi) is 6.70. The lowest BCUT2D eigenvalue weighted by Crippen LogP contribution is -2.23. The average Bonchev–Trinajstić information content (AvgIpc) is 3.26. The van der Waals surface area contributed by atoms with Crippen LogP contribution in [0.3, 0.4) is 0 Å². The van der Waals surface area contributed by atoms with Gasteiger partial charge in [0.25, 0.3) is 5.91 Å². The summed E-state index contributed by atoms with van der Waals surface area (Å²) < 4.78 is 33.5. The summed E-state index contributed by atoms with van der Waals surface area (Å²) >= 11 is 1.04. The van der Waals surface area contributed by atoms with E-state index in [1.807, 2.05) is 0 Å². The van der Waals surface area contributed by atoms with Gasteiger partial charge in [-0.3, -0.25) is 10.1 Å². The lowest BCUT2D eigenvalue weighted by atomic mass is 10.2. The molecule has 1 atom stereocenters. The van der Waals surface area contributed by atoms with Gasteiger partial charge in [-0.25, -0.2) is 13.2 Å². The number of methoxy groups -OCH3 is 1. The number of nitrogens with one attached hydrogen (secondary N) is 4. The molecule has 1 aliphatic heterocycles. The van der Waals surface area contributed by atoms with Crippen LogP contribution in [0, 0.1) is 5.41 Å². The lowest BCUT2D eigenvalue weighted by molar-refractivity contribution is 0.0991. The Morgan fingerprint density at radius 1 is 1.35 bits per heavy atom. The lowest BCUT2D eigenvalue weighted by Gasteiger charge is -2.15. The molecule has 0 unspecified atom stereocenters. The molecule has 0 saturated carbocycles. The maximum Gasteiger partial charge on any atom is 0.381 e. The highest BCUT2D eigenvalue weighted by atomic mass is 32.2. The van der Waals surface area contributed by atoms with E-state index in [1.165, 1.54) is 19.3 Å². The molecule has 0 aromatic carbocycles. The van der Waals surface area contributed by atoms with E-state index >= 15 is 0 Å². The van der Waals surface area contributed by atoms with E-state index in [0.717, 1.165) is 17.6 Å². The van der Waals surface area contributed by atoms with Crippen LogP contribution in [0.5, 0.6) is 5.75 Å². The molecule has 2 aromatic heterocycles. The third-order valence-corrected chi connectivity index (χ3v) is 6.73. The zero-order valence-corrected chi connectivity index (χ0v) is 18.2. The Balaban J connectivity index is 1.77. The van der Waals surface area contributed by atoms with Crippen molar-refractivity contribution in [3.8, 4) is 5.75 Å². The first-order valence-electron chi connectivity index (χ1n) is 8.99. The van der Waals surface area contributed by atoms with Crippen LogP contribution in [0.4, 0.5) is 16.0 Å². The summed E-state index contributed by atoms with van der Waals surface area (Å²) in [6.45, 7) is 1.74. The highest BCUT2D eigenvalue weighted by Crippen LogP contribution is 2.26. The Morgan fingerprint density at radius 2 is 2.06 bits per heavy atom. The summed E-state index contributed by atoms with van der Waals surface area (Å²) in [5.41, 5.74) is -0.0571. The number of rotatable bonds is 8. The minimum atomic E-state index is -3.14. The zero-order chi connectivity index (χ0) is 22.6. The van der Waals surface area contributed by atoms with Crippen molar-refractivity contribution in [3.05, 3.63) is 34.0 Å². The molecule has 0 aliphatic carbocycles. The van der Waals surface area contributed by atoms with Gasteiger partial charge in [-0.1, -0.05) is 11.3 Å². The number of carbonyl (C=O) groups excluding carboxylic acids is 1. The summed E-state index contributed by atoms with van der Waals surface area (Å²) in [6, 6.07) is 0.864. The molecule has 1 amide bonds. The van der Waals surface area contributed by atoms with E-state index in [0.29, 0.717) is 17.2 Å². The molecule has 1 aliphatic rings. The molecule has 14 heteroatoms. The van der Waals surface area contributed by atoms with E-state index in [4.69, 9.17) is 14.6 Å². The quantitative estimate of drug-likeness (QED) is 0.413. The molecule has 1 saturated heterocycles. The summed E-state index contributed by atoms with van der Waals surface area (Å²) in [5.74, 6) is -1.24. The smallest absolute Gasteiger partial charge is 0.381 e. The minimum Gasteiger partial charge on any atom is -0.488 e. The summed E-state index contributed by atoms with van der Waals surface area (Å²) in [5, 5.41) is 23.6. The summed E-state index contributed by atoms with van der Waals surface area (Å²) in [6.07, 6.45) is 3.01. The number of allylic oxidation sites excluding steroid dienone is 2. The maximum absolute atomic E-state index is 12.6. The molecule has 12 nitrogen and oxygen atoms in total. The van der Waals surface area contributed by atoms with Crippen LogP contribution in [0.2, 0.25) is 0 Å². The van der Waals surface area contributed by atoms with Crippen molar-refractivity contribution >= 4 is 49.2 Å². The van der Waals surface area contributed by atoms with Gasteiger partial charge in [0.05, 0.1) is 24.3 Å². The molecular weight excluding hydrogens is 448 g/mol. The third kappa shape index (κ3) is 5.67. The topological polar surface area (TPSA) is 176 Å². The van der Waals surface area contributed by atoms with Gasteiger partial charge in [0, 0.05) is 24.0 Å². The second-order valence-electron chi connectivity index (χ2n) is 6.60. The fourth-order valence-electron chi connectivity index (χ4n) is 2.84. The molecule has 1 fully saturated rings. The number of hydrogen-bond donors (Lipinski definition) is 4. The van der Waals surface area contributed by atoms with Crippen molar-refractivity contribution < 1.29 is 22.4 Å². The first-order chi connectivity index (χ1) is 14.7. The normalized spacial score (nSPS) is 17.7. The Hall–Kier alpha value is -3.26. The second-order valence-corrected chi connectivity index (χ2v) is 9.80. The van der Waals surface area contributed by atoms with Gasteiger partial charge in [-0.15, -0.1) is 10.2 Å². The van der Waals surface area contributed by atoms with Crippen molar-refractivity contribution in [2.45, 2.75) is 19.4 Å². The van der Waals surface area contributed by atoms with Gasteiger partial charge in [0.2, 0.25) is 16.0 Å². The predicted molar refractivity (Wildman–Crippen MR) is 116 cm³/mol. The number of anilines is 3. The van der Waals surface area contributed by atoms with Crippen LogP contribution in [-0.2, 0) is 9.84 Å². The van der Waals surface area contributed by atoms with Crippen LogP contribution in [-0.4, -0.2) is 55.4 Å². The minimum absolute atomic E-state index is 0.0453. The van der Waals surface area contributed by atoms with Gasteiger partial charge in [0.15, 0.2) is 15.6 Å². The second kappa shape index (κ2) is 9.26. The molecular formula is C17H20N6O6S2. The number of sulfone groups is 1. The van der Waals surface area contributed by atoms with E-state index < -0.39 is 27.4 Å². The van der Waals surface area contributed by atoms with Crippen molar-refractivity contribution in [3.63, 3.8) is 0 Å². The van der Waals surface area contributed by atoms with Gasteiger partial charge in [0.1, 0.15) is 0 Å². The van der Waals surface area contributed by atoms with Crippen molar-refractivity contribution in [1.29, 1.82) is 5.41 Å². The molecule has 4 N–H and O–H groups in total. The van der Waals surface area contributed by atoms with Gasteiger partial charge >= 0.3 is 5.63 Å². The molecule has 3 heterocycles. The maximum atomic E-state index is 12.6. The zero-order valence-electron chi connectivity index (χ0n) is 16.6. The van der Waals surface area contributed by atoms with Crippen LogP contribution < -0.4 is 26.3 Å². The number of carbonyl (C=O) groups is 1. The largest absolute Gasteiger partial charge is 0.488 e. The van der Waals surface area contributed by atoms with Gasteiger partial charge in [-0.05, 0) is 19.4 Å². The first-order valence-corrected chi connectivity index (χ1v) is 11.6. The first kappa shape index (κ1) is 22.4. The number of ether oxygens (including phenoxy) is 1. The molecule has 0 spiro atoms. The molecule has 0 bridgehead atoms. The van der Waals surface area contributed by atoms with Crippen LogP contribution in [0.15, 0.2) is 27.1 Å². The fourth-order valence-corrected chi connectivity index (χ4v) is 5.22. The van der Waals surface area contributed by atoms with Crippen LogP contribution in [0.25, 0.3) is 0 Å². The number of aromatic nitrogens is 2. The number of amides is 1. The van der Waals surface area contributed by atoms with Crippen molar-refractivity contribution in [1.82, 2.24) is 10.2 Å². The fraction of sp³-hybridized carbons (Fsp3) is 0.353. The average molecular weight is 469 g/mol. The molecule has 31 heavy (non-hydrogen) atoms. The van der Waals surface area contributed by atoms with Gasteiger partial charge in [-0.2, -0.15) is 0 Å². The van der Waals surface area contributed by atoms with Crippen molar-refractivity contribution in [2.24, 2.45) is 0 Å². The Bertz CT molecular complexity index is 1190.